The Morgan fingerprint density at radius 2 is 1.90 bits per heavy atom. The van der Waals surface area contributed by atoms with Crippen LogP contribution in [0.2, 0.25) is 0 Å². The number of rotatable bonds is 1. The third-order valence-electron chi connectivity index (χ3n) is 1.32. The van der Waals surface area contributed by atoms with Gasteiger partial charge in [0, 0.05) is 5.56 Å². The van der Waals surface area contributed by atoms with Crippen LogP contribution >= 0.6 is 12.4 Å². The highest BCUT2D eigenvalue weighted by Gasteiger charge is 1.90. The normalized spacial score (nSPS) is 8.10. The number of hydrogen-bond acceptors (Lipinski definition) is 1. The van der Waals surface area contributed by atoms with E-state index in [1.807, 2.05) is 31.2 Å². The van der Waals surface area contributed by atoms with Crippen LogP contribution in [0.1, 0.15) is 15.9 Å². The number of aldehydes is 1. The van der Waals surface area contributed by atoms with Gasteiger partial charge in [0.15, 0.2) is 0 Å². The Morgan fingerprint density at radius 3 is 2.30 bits per heavy atom. The zero-order chi connectivity index (χ0) is 6.69. The molecule has 0 unspecified atom stereocenters. The fraction of sp³-hybridized carbons (Fsp3) is 0.125. The predicted octanol–water partition coefficient (Wildman–Crippen LogP) is 2.23. The fourth-order valence-corrected chi connectivity index (χ4v) is 0.719. The van der Waals surface area contributed by atoms with Crippen molar-refractivity contribution in [3.63, 3.8) is 0 Å². The second-order valence-electron chi connectivity index (χ2n) is 1.97. The summed E-state index contributed by atoms with van der Waals surface area (Å²) in [5.74, 6) is 0. The molecule has 0 aliphatic carbocycles. The van der Waals surface area contributed by atoms with Crippen molar-refractivity contribution in [1.29, 1.82) is 0 Å². The minimum Gasteiger partial charge on any atom is -0.298 e. The van der Waals surface area contributed by atoms with Gasteiger partial charge >= 0.3 is 0 Å². The van der Waals surface area contributed by atoms with Gasteiger partial charge in [-0.25, -0.2) is 0 Å². The summed E-state index contributed by atoms with van der Waals surface area (Å²) in [5.41, 5.74) is 1.81. The molecule has 0 heterocycles. The zero-order valence-electron chi connectivity index (χ0n) is 5.70. The van der Waals surface area contributed by atoms with E-state index in [4.69, 9.17) is 0 Å². The monoisotopic (exact) mass is 156 g/mol. The molecular weight excluding hydrogens is 148 g/mol. The molecule has 1 aromatic carbocycles. The van der Waals surface area contributed by atoms with Crippen LogP contribution in [0, 0.1) is 6.92 Å². The number of halogens is 1. The molecule has 0 fully saturated rings. The summed E-state index contributed by atoms with van der Waals surface area (Å²) in [4.78, 5) is 10.2. The first-order chi connectivity index (χ1) is 4.34. The van der Waals surface area contributed by atoms with E-state index in [1.165, 1.54) is 0 Å². The Balaban J connectivity index is 0.000000810. The Bertz CT molecular complexity index is 220. The van der Waals surface area contributed by atoms with E-state index in [0.717, 1.165) is 17.4 Å². The van der Waals surface area contributed by atoms with Gasteiger partial charge in [-0.3, -0.25) is 4.79 Å². The molecule has 0 bridgehead atoms. The summed E-state index contributed by atoms with van der Waals surface area (Å²) < 4.78 is 0. The largest absolute Gasteiger partial charge is 0.298 e. The molecule has 1 aromatic rings. The SMILES string of the molecule is Cc1ccccc1C=O.Cl. The lowest BCUT2D eigenvalue weighted by atomic mass is 10.1. The average Bonchev–Trinajstić information content (AvgIpc) is 1.89. The first-order valence-corrected chi connectivity index (χ1v) is 2.85. The van der Waals surface area contributed by atoms with E-state index in [0.29, 0.717) is 0 Å². The number of benzene rings is 1. The van der Waals surface area contributed by atoms with E-state index in [2.05, 4.69) is 0 Å². The highest BCUT2D eigenvalue weighted by molar-refractivity contribution is 5.85. The first kappa shape index (κ1) is 9.18. The van der Waals surface area contributed by atoms with Gasteiger partial charge in [-0.1, -0.05) is 24.3 Å². The van der Waals surface area contributed by atoms with Crippen molar-refractivity contribution in [3.8, 4) is 0 Å². The number of carbonyl (C=O) groups is 1. The highest BCUT2D eigenvalue weighted by atomic mass is 35.5. The molecule has 0 saturated carbocycles. The Kier molecular flexibility index (Phi) is 3.74. The Morgan fingerprint density at radius 1 is 1.30 bits per heavy atom. The molecule has 0 N–H and O–H groups in total. The molecule has 0 aliphatic rings. The Labute approximate surface area is 66.5 Å². The minimum atomic E-state index is 0. The van der Waals surface area contributed by atoms with Crippen molar-refractivity contribution in [3.05, 3.63) is 35.4 Å². The zero-order valence-corrected chi connectivity index (χ0v) is 6.52. The molecule has 1 nitrogen and oxygen atoms in total. The summed E-state index contributed by atoms with van der Waals surface area (Å²) in [7, 11) is 0. The fourth-order valence-electron chi connectivity index (χ4n) is 0.719. The molecule has 0 radical (unpaired) electrons. The van der Waals surface area contributed by atoms with E-state index in [-0.39, 0.29) is 12.4 Å². The molecule has 0 aliphatic heterocycles. The van der Waals surface area contributed by atoms with E-state index < -0.39 is 0 Å². The molecule has 1 rings (SSSR count). The Hall–Kier alpha value is -0.820. The maximum absolute atomic E-state index is 10.2. The van der Waals surface area contributed by atoms with Gasteiger partial charge in [0.2, 0.25) is 0 Å². The molecule has 0 amide bonds. The number of carbonyl (C=O) groups excluding carboxylic acids is 1. The van der Waals surface area contributed by atoms with Crippen LogP contribution in [-0.2, 0) is 0 Å². The topological polar surface area (TPSA) is 17.1 Å². The number of aryl methyl sites for hydroxylation is 1. The third kappa shape index (κ3) is 1.85. The second-order valence-corrected chi connectivity index (χ2v) is 1.97. The lowest BCUT2D eigenvalue weighted by molar-refractivity contribution is 0.112. The standard InChI is InChI=1S/C8H8O.ClH/c1-7-4-2-3-5-8(7)6-9;/h2-6H,1H3;1H. The summed E-state index contributed by atoms with van der Waals surface area (Å²) >= 11 is 0. The van der Waals surface area contributed by atoms with Crippen molar-refractivity contribution >= 4 is 18.7 Å². The summed E-state index contributed by atoms with van der Waals surface area (Å²) in [6.45, 7) is 1.92. The van der Waals surface area contributed by atoms with Gasteiger partial charge in [0.25, 0.3) is 0 Å². The van der Waals surface area contributed by atoms with Crippen LogP contribution in [0.15, 0.2) is 24.3 Å². The van der Waals surface area contributed by atoms with Gasteiger partial charge < -0.3 is 0 Å². The first-order valence-electron chi connectivity index (χ1n) is 2.85. The van der Waals surface area contributed by atoms with Crippen molar-refractivity contribution in [2.24, 2.45) is 0 Å². The predicted molar refractivity (Wildman–Crippen MR) is 43.8 cm³/mol. The molecule has 0 saturated heterocycles. The van der Waals surface area contributed by atoms with Crippen LogP contribution in [0.4, 0.5) is 0 Å². The van der Waals surface area contributed by atoms with Crippen LogP contribution in [-0.4, -0.2) is 6.29 Å². The van der Waals surface area contributed by atoms with Gasteiger partial charge in [-0.15, -0.1) is 12.4 Å². The van der Waals surface area contributed by atoms with E-state index in [9.17, 15) is 4.79 Å². The van der Waals surface area contributed by atoms with Crippen molar-refractivity contribution in [1.82, 2.24) is 0 Å². The maximum atomic E-state index is 10.2. The van der Waals surface area contributed by atoms with Crippen molar-refractivity contribution < 1.29 is 4.79 Å². The highest BCUT2D eigenvalue weighted by Crippen LogP contribution is 2.02. The summed E-state index contributed by atoms with van der Waals surface area (Å²) in [5, 5.41) is 0. The molecule has 0 spiro atoms. The van der Waals surface area contributed by atoms with Crippen LogP contribution in [0.25, 0.3) is 0 Å². The van der Waals surface area contributed by atoms with Gasteiger partial charge in [0.1, 0.15) is 6.29 Å². The average molecular weight is 157 g/mol. The summed E-state index contributed by atoms with van der Waals surface area (Å²) in [6.07, 6.45) is 0.870. The van der Waals surface area contributed by atoms with Gasteiger partial charge in [-0.2, -0.15) is 0 Å². The van der Waals surface area contributed by atoms with Gasteiger partial charge in [-0.05, 0) is 12.5 Å². The van der Waals surface area contributed by atoms with Crippen LogP contribution in [0.5, 0.6) is 0 Å². The molecule has 0 atom stereocenters. The smallest absolute Gasteiger partial charge is 0.150 e. The molecule has 10 heavy (non-hydrogen) atoms. The quantitative estimate of drug-likeness (QED) is 0.570. The lowest BCUT2D eigenvalue weighted by Crippen LogP contribution is -1.82. The van der Waals surface area contributed by atoms with E-state index in [1.54, 1.807) is 0 Å². The third-order valence-corrected chi connectivity index (χ3v) is 1.32. The lowest BCUT2D eigenvalue weighted by Gasteiger charge is -1.92. The maximum Gasteiger partial charge on any atom is 0.150 e. The van der Waals surface area contributed by atoms with E-state index >= 15 is 0 Å². The second kappa shape index (κ2) is 4.07. The molecule has 2 heteroatoms. The van der Waals surface area contributed by atoms with Crippen LogP contribution in [0.3, 0.4) is 0 Å². The molecule has 54 valence electrons. The minimum absolute atomic E-state index is 0. The van der Waals surface area contributed by atoms with Crippen molar-refractivity contribution in [2.45, 2.75) is 6.92 Å². The number of hydrogen-bond donors (Lipinski definition) is 0. The van der Waals surface area contributed by atoms with Crippen molar-refractivity contribution in [2.75, 3.05) is 0 Å². The van der Waals surface area contributed by atoms with Gasteiger partial charge in [0.05, 0.1) is 0 Å². The molecular formula is C8H9ClO. The molecule has 0 aromatic heterocycles. The summed E-state index contributed by atoms with van der Waals surface area (Å²) in [6, 6.07) is 7.51. The van der Waals surface area contributed by atoms with Crippen LogP contribution < -0.4 is 0 Å².